The Morgan fingerprint density at radius 3 is 2.56 bits per heavy atom. The highest BCUT2D eigenvalue weighted by molar-refractivity contribution is 9.10. The van der Waals surface area contributed by atoms with E-state index in [0.717, 1.165) is 10.0 Å². The molecule has 0 saturated carbocycles. The van der Waals surface area contributed by atoms with Crippen molar-refractivity contribution in [2.45, 2.75) is 6.92 Å². The fourth-order valence-electron chi connectivity index (χ4n) is 1.58. The van der Waals surface area contributed by atoms with Crippen LogP contribution in [0, 0.1) is 12.3 Å². The van der Waals surface area contributed by atoms with Gasteiger partial charge in [-0.05, 0) is 52.7 Å². The van der Waals surface area contributed by atoms with E-state index >= 15 is 0 Å². The molecule has 0 fully saturated rings. The Kier molecular flexibility index (Phi) is 3.67. The zero-order chi connectivity index (χ0) is 13.1. The van der Waals surface area contributed by atoms with Crippen LogP contribution in [0.5, 0.6) is 11.5 Å². The van der Waals surface area contributed by atoms with Crippen LogP contribution in [0.15, 0.2) is 46.9 Å². The average Bonchev–Trinajstić information content (AvgIpc) is 2.32. The van der Waals surface area contributed by atoms with Gasteiger partial charge >= 0.3 is 0 Å². The fourth-order valence-corrected chi connectivity index (χ4v) is 1.95. The van der Waals surface area contributed by atoms with Gasteiger partial charge in [0.25, 0.3) is 0 Å². The maximum atomic E-state index is 7.55. The van der Waals surface area contributed by atoms with Crippen LogP contribution in [0.3, 0.4) is 0 Å². The Bertz CT molecular complexity index is 596. The van der Waals surface area contributed by atoms with Gasteiger partial charge in [-0.3, -0.25) is 5.41 Å². The number of benzene rings is 2. The maximum Gasteiger partial charge on any atom is 0.141 e. The monoisotopic (exact) mass is 304 g/mol. The summed E-state index contributed by atoms with van der Waals surface area (Å²) >= 11 is 3.42. The molecule has 0 saturated heterocycles. The van der Waals surface area contributed by atoms with Crippen LogP contribution in [-0.4, -0.2) is 5.84 Å². The third-order valence-electron chi connectivity index (χ3n) is 2.48. The Morgan fingerprint density at radius 1 is 1.17 bits per heavy atom. The Hall–Kier alpha value is -1.81. The summed E-state index contributed by atoms with van der Waals surface area (Å²) in [7, 11) is 0. The van der Waals surface area contributed by atoms with Crippen LogP contribution >= 0.6 is 15.9 Å². The normalized spacial score (nSPS) is 10.1. The number of halogens is 1. The van der Waals surface area contributed by atoms with Crippen molar-refractivity contribution in [3.8, 4) is 11.5 Å². The summed E-state index contributed by atoms with van der Waals surface area (Å²) in [6.45, 7) is 1.97. The van der Waals surface area contributed by atoms with Crippen molar-refractivity contribution in [3.05, 3.63) is 58.1 Å². The Labute approximate surface area is 114 Å². The van der Waals surface area contributed by atoms with Crippen molar-refractivity contribution in [2.24, 2.45) is 5.73 Å². The van der Waals surface area contributed by atoms with Gasteiger partial charge in [0.15, 0.2) is 0 Å². The number of aryl methyl sites for hydroxylation is 1. The van der Waals surface area contributed by atoms with Crippen molar-refractivity contribution in [2.75, 3.05) is 0 Å². The summed E-state index contributed by atoms with van der Waals surface area (Å²) in [6.07, 6.45) is 0. The van der Waals surface area contributed by atoms with E-state index in [-0.39, 0.29) is 5.84 Å². The molecule has 0 atom stereocenters. The van der Waals surface area contributed by atoms with E-state index in [1.165, 1.54) is 0 Å². The number of amidine groups is 1. The summed E-state index contributed by atoms with van der Waals surface area (Å²) < 4.78 is 6.68. The van der Waals surface area contributed by atoms with Crippen molar-refractivity contribution < 1.29 is 4.74 Å². The topological polar surface area (TPSA) is 59.1 Å². The van der Waals surface area contributed by atoms with E-state index in [0.29, 0.717) is 17.1 Å². The predicted octanol–water partition coefficient (Wildman–Crippen LogP) is 3.83. The number of rotatable bonds is 3. The van der Waals surface area contributed by atoms with Gasteiger partial charge in [-0.2, -0.15) is 0 Å². The standard InChI is InChI=1S/C14H13BrN2O/c1-9-6-7-10(14(16)17)13(8-9)18-12-5-3-2-4-11(12)15/h2-8H,1H3,(H3,16,17). The molecule has 18 heavy (non-hydrogen) atoms. The average molecular weight is 305 g/mol. The second-order valence-electron chi connectivity index (χ2n) is 3.95. The summed E-state index contributed by atoms with van der Waals surface area (Å²) in [5.41, 5.74) is 7.20. The van der Waals surface area contributed by atoms with Crippen LogP contribution < -0.4 is 10.5 Å². The van der Waals surface area contributed by atoms with Crippen molar-refractivity contribution in [1.82, 2.24) is 0 Å². The minimum atomic E-state index is -0.00273. The molecule has 0 aliphatic rings. The predicted molar refractivity (Wildman–Crippen MR) is 76.4 cm³/mol. The molecule has 0 aliphatic carbocycles. The molecule has 2 aromatic carbocycles. The Morgan fingerprint density at radius 2 is 1.89 bits per heavy atom. The van der Waals surface area contributed by atoms with E-state index in [9.17, 15) is 0 Å². The van der Waals surface area contributed by atoms with Gasteiger partial charge in [0, 0.05) is 0 Å². The molecule has 0 heterocycles. The summed E-state index contributed by atoms with van der Waals surface area (Å²) in [5, 5.41) is 7.55. The molecule has 0 amide bonds. The second-order valence-corrected chi connectivity index (χ2v) is 4.80. The third kappa shape index (κ3) is 2.71. The summed E-state index contributed by atoms with van der Waals surface area (Å²) in [6, 6.07) is 13.1. The van der Waals surface area contributed by atoms with Gasteiger partial charge in [-0.1, -0.05) is 18.2 Å². The molecule has 0 aromatic heterocycles. The van der Waals surface area contributed by atoms with Crippen LogP contribution in [0.1, 0.15) is 11.1 Å². The fraction of sp³-hybridized carbons (Fsp3) is 0.0714. The zero-order valence-corrected chi connectivity index (χ0v) is 11.5. The number of hydrogen-bond donors (Lipinski definition) is 2. The lowest BCUT2D eigenvalue weighted by Gasteiger charge is -2.12. The molecular weight excluding hydrogens is 292 g/mol. The highest BCUT2D eigenvalue weighted by Crippen LogP contribution is 2.31. The van der Waals surface area contributed by atoms with Crippen molar-refractivity contribution >= 4 is 21.8 Å². The summed E-state index contributed by atoms with van der Waals surface area (Å²) in [4.78, 5) is 0. The SMILES string of the molecule is Cc1ccc(C(=N)N)c(Oc2ccccc2Br)c1. The van der Waals surface area contributed by atoms with Gasteiger partial charge in [0.05, 0.1) is 10.0 Å². The lowest BCUT2D eigenvalue weighted by Crippen LogP contribution is -2.12. The minimum absolute atomic E-state index is 0.00273. The molecule has 0 bridgehead atoms. The first kappa shape index (κ1) is 12.6. The van der Waals surface area contributed by atoms with Gasteiger partial charge in [-0.15, -0.1) is 0 Å². The smallest absolute Gasteiger partial charge is 0.141 e. The molecule has 3 N–H and O–H groups in total. The molecule has 4 heteroatoms. The van der Waals surface area contributed by atoms with Gasteiger partial charge in [0.2, 0.25) is 0 Å². The van der Waals surface area contributed by atoms with E-state index in [1.807, 2.05) is 43.3 Å². The Balaban J connectivity index is 2.42. The number of nitrogens with two attached hydrogens (primary N) is 1. The number of nitrogen functional groups attached to an aromatic ring is 1. The maximum absolute atomic E-state index is 7.55. The summed E-state index contributed by atoms with van der Waals surface area (Å²) in [5.74, 6) is 1.29. The van der Waals surface area contributed by atoms with E-state index in [2.05, 4.69) is 15.9 Å². The molecule has 0 unspecified atom stereocenters. The second kappa shape index (κ2) is 5.23. The molecule has 2 aromatic rings. The van der Waals surface area contributed by atoms with Crippen LogP contribution in [-0.2, 0) is 0 Å². The van der Waals surface area contributed by atoms with Crippen molar-refractivity contribution in [1.29, 1.82) is 5.41 Å². The quantitative estimate of drug-likeness (QED) is 0.668. The third-order valence-corrected chi connectivity index (χ3v) is 3.14. The molecule has 0 aliphatic heterocycles. The molecular formula is C14H13BrN2O. The first-order valence-corrected chi connectivity index (χ1v) is 6.24. The number of hydrogen-bond acceptors (Lipinski definition) is 2. The number of nitrogens with one attached hydrogen (secondary N) is 1. The van der Waals surface area contributed by atoms with Crippen LogP contribution in [0.4, 0.5) is 0 Å². The minimum Gasteiger partial charge on any atom is -0.455 e. The lowest BCUT2D eigenvalue weighted by atomic mass is 10.1. The molecule has 0 radical (unpaired) electrons. The van der Waals surface area contributed by atoms with E-state index in [1.54, 1.807) is 6.07 Å². The van der Waals surface area contributed by atoms with E-state index < -0.39 is 0 Å². The lowest BCUT2D eigenvalue weighted by molar-refractivity contribution is 0.478. The first-order valence-electron chi connectivity index (χ1n) is 5.45. The largest absolute Gasteiger partial charge is 0.455 e. The van der Waals surface area contributed by atoms with E-state index in [4.69, 9.17) is 15.9 Å². The zero-order valence-electron chi connectivity index (χ0n) is 9.91. The molecule has 2 rings (SSSR count). The van der Waals surface area contributed by atoms with Crippen LogP contribution in [0.2, 0.25) is 0 Å². The molecule has 3 nitrogen and oxygen atoms in total. The number of ether oxygens (including phenoxy) is 1. The van der Waals surface area contributed by atoms with Crippen LogP contribution in [0.25, 0.3) is 0 Å². The highest BCUT2D eigenvalue weighted by Gasteiger charge is 2.09. The first-order chi connectivity index (χ1) is 8.58. The van der Waals surface area contributed by atoms with Crippen molar-refractivity contribution in [3.63, 3.8) is 0 Å². The van der Waals surface area contributed by atoms with Gasteiger partial charge in [-0.25, -0.2) is 0 Å². The number of para-hydroxylation sites is 1. The molecule has 0 spiro atoms. The molecule has 92 valence electrons. The van der Waals surface area contributed by atoms with Gasteiger partial charge in [0.1, 0.15) is 17.3 Å². The highest BCUT2D eigenvalue weighted by atomic mass is 79.9. The van der Waals surface area contributed by atoms with Gasteiger partial charge < -0.3 is 10.5 Å².